The third-order valence-electron chi connectivity index (χ3n) is 5.66. The highest BCUT2D eigenvalue weighted by Crippen LogP contribution is 2.27. The molecule has 0 atom stereocenters. The molecule has 152 valence electrons. The Balaban J connectivity index is 1.26. The van der Waals surface area contributed by atoms with Crippen molar-refractivity contribution in [2.45, 2.75) is 19.8 Å². The van der Waals surface area contributed by atoms with Gasteiger partial charge < -0.3 is 14.2 Å². The van der Waals surface area contributed by atoms with E-state index in [0.717, 1.165) is 54.4 Å². The first-order valence-corrected chi connectivity index (χ1v) is 10.5. The summed E-state index contributed by atoms with van der Waals surface area (Å²) in [4.78, 5) is 9.20. The number of fused-ring (bicyclic) bond motifs is 1. The lowest BCUT2D eigenvalue weighted by atomic mass is 10.0. The number of hydrogen-bond acceptors (Lipinski definition) is 6. The van der Waals surface area contributed by atoms with Crippen molar-refractivity contribution >= 4 is 22.9 Å². The molecule has 1 aliphatic rings. The maximum atomic E-state index is 6.02. The van der Waals surface area contributed by atoms with E-state index < -0.39 is 0 Å². The molecule has 2 aromatic heterocycles. The fraction of sp³-hybridized carbons (Fsp3) is 0.292. The van der Waals surface area contributed by atoms with E-state index in [1.165, 1.54) is 5.56 Å². The Morgan fingerprint density at radius 1 is 0.833 bits per heavy atom. The standard InChI is InChI=1S/C24H25N5O/c1-17(2)19-8-10-22-21(16-19)25-24(30-22)29-14-12-28(13-15-29)23-11-9-20(26-27-23)18-6-4-3-5-7-18/h3-11,16-17H,12-15H2,1-2H3. The van der Waals surface area contributed by atoms with E-state index in [1.807, 2.05) is 42.5 Å². The fourth-order valence-corrected chi connectivity index (χ4v) is 3.81. The van der Waals surface area contributed by atoms with Crippen molar-refractivity contribution in [2.75, 3.05) is 36.0 Å². The monoisotopic (exact) mass is 399 g/mol. The number of nitrogens with zero attached hydrogens (tertiary/aromatic N) is 5. The minimum atomic E-state index is 0.479. The number of hydrogen-bond donors (Lipinski definition) is 0. The average Bonchev–Trinajstić information content (AvgIpc) is 3.23. The second kappa shape index (κ2) is 7.78. The zero-order valence-electron chi connectivity index (χ0n) is 17.3. The third-order valence-corrected chi connectivity index (χ3v) is 5.66. The van der Waals surface area contributed by atoms with Crippen LogP contribution in [0.25, 0.3) is 22.4 Å². The van der Waals surface area contributed by atoms with E-state index in [0.29, 0.717) is 11.9 Å². The third kappa shape index (κ3) is 3.61. The van der Waals surface area contributed by atoms with E-state index in [-0.39, 0.29) is 0 Å². The van der Waals surface area contributed by atoms with Crippen LogP contribution in [0.1, 0.15) is 25.3 Å². The summed E-state index contributed by atoms with van der Waals surface area (Å²) in [5.41, 5.74) is 5.04. The Labute approximate surface area is 176 Å². The lowest BCUT2D eigenvalue weighted by molar-refractivity contribution is 0.540. The van der Waals surface area contributed by atoms with Gasteiger partial charge in [-0.1, -0.05) is 50.2 Å². The van der Waals surface area contributed by atoms with Crippen LogP contribution in [-0.2, 0) is 0 Å². The number of aromatic nitrogens is 3. The molecule has 1 aliphatic heterocycles. The molecule has 0 N–H and O–H groups in total. The highest BCUT2D eigenvalue weighted by atomic mass is 16.4. The van der Waals surface area contributed by atoms with Crippen molar-refractivity contribution in [3.63, 3.8) is 0 Å². The molecule has 0 saturated carbocycles. The van der Waals surface area contributed by atoms with Gasteiger partial charge in [0.2, 0.25) is 0 Å². The summed E-state index contributed by atoms with van der Waals surface area (Å²) in [6.07, 6.45) is 0. The second-order valence-electron chi connectivity index (χ2n) is 8.00. The van der Waals surface area contributed by atoms with Gasteiger partial charge in [0.1, 0.15) is 5.52 Å². The van der Waals surface area contributed by atoms with Gasteiger partial charge in [-0.3, -0.25) is 0 Å². The summed E-state index contributed by atoms with van der Waals surface area (Å²) in [6.45, 7) is 7.77. The van der Waals surface area contributed by atoms with Crippen LogP contribution in [0.3, 0.4) is 0 Å². The van der Waals surface area contributed by atoms with Crippen molar-refractivity contribution in [3.8, 4) is 11.3 Å². The first-order valence-electron chi connectivity index (χ1n) is 10.5. The molecule has 2 aromatic carbocycles. The van der Waals surface area contributed by atoms with E-state index >= 15 is 0 Å². The fourth-order valence-electron chi connectivity index (χ4n) is 3.81. The van der Waals surface area contributed by atoms with Gasteiger partial charge >= 0.3 is 0 Å². The second-order valence-corrected chi connectivity index (χ2v) is 8.00. The molecule has 5 rings (SSSR count). The van der Waals surface area contributed by atoms with E-state index in [4.69, 9.17) is 9.40 Å². The molecule has 30 heavy (non-hydrogen) atoms. The minimum Gasteiger partial charge on any atom is -0.423 e. The lowest BCUT2D eigenvalue weighted by Crippen LogP contribution is -2.47. The summed E-state index contributed by atoms with van der Waals surface area (Å²) in [5.74, 6) is 1.39. The predicted octanol–water partition coefficient (Wildman–Crippen LogP) is 4.73. The zero-order chi connectivity index (χ0) is 20.5. The molecule has 4 aromatic rings. The largest absolute Gasteiger partial charge is 0.423 e. The Hall–Kier alpha value is -3.41. The number of rotatable bonds is 4. The van der Waals surface area contributed by atoms with Crippen LogP contribution < -0.4 is 9.80 Å². The summed E-state index contributed by atoms with van der Waals surface area (Å²) in [7, 11) is 0. The van der Waals surface area contributed by atoms with Gasteiger partial charge in [-0.05, 0) is 35.7 Å². The van der Waals surface area contributed by atoms with Crippen molar-refractivity contribution in [3.05, 3.63) is 66.2 Å². The smallest absolute Gasteiger partial charge is 0.298 e. The molecule has 0 unspecified atom stereocenters. The van der Waals surface area contributed by atoms with Crippen molar-refractivity contribution < 1.29 is 4.42 Å². The average molecular weight is 399 g/mol. The Kier molecular flexibility index (Phi) is 4.83. The molecule has 0 radical (unpaired) electrons. The molecule has 0 amide bonds. The number of oxazole rings is 1. The molecular weight excluding hydrogens is 374 g/mol. The van der Waals surface area contributed by atoms with Crippen LogP contribution in [0.2, 0.25) is 0 Å². The quantitative estimate of drug-likeness (QED) is 0.494. The van der Waals surface area contributed by atoms with Gasteiger partial charge in [0.15, 0.2) is 11.4 Å². The maximum Gasteiger partial charge on any atom is 0.298 e. The zero-order valence-corrected chi connectivity index (χ0v) is 17.3. The van der Waals surface area contributed by atoms with Gasteiger partial charge in [-0.2, -0.15) is 4.98 Å². The molecule has 6 nitrogen and oxygen atoms in total. The predicted molar refractivity (Wildman–Crippen MR) is 120 cm³/mol. The summed E-state index contributed by atoms with van der Waals surface area (Å²) >= 11 is 0. The van der Waals surface area contributed by atoms with Crippen LogP contribution in [0.15, 0.2) is 65.1 Å². The first kappa shape index (κ1) is 18.6. The molecule has 1 saturated heterocycles. The summed E-state index contributed by atoms with van der Waals surface area (Å²) in [6, 6.07) is 21.2. The molecule has 6 heteroatoms. The van der Waals surface area contributed by atoms with E-state index in [1.54, 1.807) is 0 Å². The van der Waals surface area contributed by atoms with Gasteiger partial charge in [-0.25, -0.2) is 0 Å². The van der Waals surface area contributed by atoms with E-state index in [2.05, 4.69) is 52.0 Å². The normalized spacial score (nSPS) is 14.6. The lowest BCUT2D eigenvalue weighted by Gasteiger charge is -2.34. The van der Waals surface area contributed by atoms with Gasteiger partial charge in [0, 0.05) is 31.7 Å². The van der Waals surface area contributed by atoms with Gasteiger partial charge in [0.25, 0.3) is 6.01 Å². The van der Waals surface area contributed by atoms with Crippen LogP contribution >= 0.6 is 0 Å². The number of piperazine rings is 1. The van der Waals surface area contributed by atoms with Crippen LogP contribution in [-0.4, -0.2) is 41.4 Å². The SMILES string of the molecule is CC(C)c1ccc2oc(N3CCN(c4ccc(-c5ccccc5)nn4)CC3)nc2c1. The van der Waals surface area contributed by atoms with Crippen LogP contribution in [0.5, 0.6) is 0 Å². The van der Waals surface area contributed by atoms with Crippen molar-refractivity contribution in [1.29, 1.82) is 0 Å². The Morgan fingerprint density at radius 2 is 1.60 bits per heavy atom. The molecule has 3 heterocycles. The number of anilines is 2. The van der Waals surface area contributed by atoms with E-state index in [9.17, 15) is 0 Å². The van der Waals surface area contributed by atoms with Crippen molar-refractivity contribution in [2.24, 2.45) is 0 Å². The molecular formula is C24H25N5O. The summed E-state index contributed by atoms with van der Waals surface area (Å²) < 4.78 is 6.02. The molecule has 0 spiro atoms. The minimum absolute atomic E-state index is 0.479. The Morgan fingerprint density at radius 3 is 2.30 bits per heavy atom. The highest BCUT2D eigenvalue weighted by molar-refractivity contribution is 5.75. The topological polar surface area (TPSA) is 58.3 Å². The highest BCUT2D eigenvalue weighted by Gasteiger charge is 2.22. The van der Waals surface area contributed by atoms with Gasteiger partial charge in [0.05, 0.1) is 5.69 Å². The molecule has 0 bridgehead atoms. The Bertz CT molecular complexity index is 1130. The first-order chi connectivity index (χ1) is 14.7. The number of benzene rings is 2. The molecule has 0 aliphatic carbocycles. The maximum absolute atomic E-state index is 6.02. The van der Waals surface area contributed by atoms with Crippen LogP contribution in [0, 0.1) is 0 Å². The van der Waals surface area contributed by atoms with Crippen molar-refractivity contribution in [1.82, 2.24) is 15.2 Å². The summed E-state index contributed by atoms with van der Waals surface area (Å²) in [5, 5.41) is 8.87. The van der Waals surface area contributed by atoms with Gasteiger partial charge in [-0.15, -0.1) is 10.2 Å². The van der Waals surface area contributed by atoms with Crippen LogP contribution in [0.4, 0.5) is 11.8 Å². The molecule has 1 fully saturated rings.